The summed E-state index contributed by atoms with van der Waals surface area (Å²) in [7, 11) is 1.59. The fraction of sp³-hybridized carbons (Fsp3) is 0.421. The van der Waals surface area contributed by atoms with Gasteiger partial charge in [-0.15, -0.1) is 0 Å². The van der Waals surface area contributed by atoms with Crippen LogP contribution in [0.5, 0.6) is 11.6 Å². The molecule has 4 rings (SSSR count). The summed E-state index contributed by atoms with van der Waals surface area (Å²) in [6.07, 6.45) is 3.20. The molecule has 1 amide bonds. The zero-order chi connectivity index (χ0) is 18.8. The van der Waals surface area contributed by atoms with Crippen LogP contribution in [0.15, 0.2) is 30.5 Å². The third-order valence-corrected chi connectivity index (χ3v) is 5.32. The molecule has 7 nitrogen and oxygen atoms in total. The van der Waals surface area contributed by atoms with Crippen molar-refractivity contribution in [3.05, 3.63) is 35.5 Å². The average Bonchev–Trinajstić information content (AvgIpc) is 2.73. The molecule has 0 radical (unpaired) electrons. The molecule has 0 bridgehead atoms. The van der Waals surface area contributed by atoms with Crippen molar-refractivity contribution in [2.24, 2.45) is 5.92 Å². The molecule has 142 valence electrons. The fourth-order valence-corrected chi connectivity index (χ4v) is 3.81. The smallest absolute Gasteiger partial charge is 0.230 e. The summed E-state index contributed by atoms with van der Waals surface area (Å²) >= 11 is 6.22. The number of nitrogens with zero attached hydrogens (tertiary/aromatic N) is 4. The molecule has 1 saturated heterocycles. The van der Waals surface area contributed by atoms with E-state index in [0.29, 0.717) is 35.8 Å². The van der Waals surface area contributed by atoms with Crippen LogP contribution in [0.2, 0.25) is 5.02 Å². The monoisotopic (exact) mass is 388 g/mol. The van der Waals surface area contributed by atoms with E-state index in [-0.39, 0.29) is 11.8 Å². The molecule has 8 heteroatoms. The van der Waals surface area contributed by atoms with Gasteiger partial charge in [0.2, 0.25) is 17.7 Å². The normalized spacial score (nSPS) is 17.3. The number of hydrogen-bond donors (Lipinski definition) is 0. The summed E-state index contributed by atoms with van der Waals surface area (Å²) in [6, 6.07) is 7.23. The Labute approximate surface area is 162 Å². The molecule has 0 unspecified atom stereocenters. The van der Waals surface area contributed by atoms with E-state index in [1.807, 2.05) is 17.0 Å². The van der Waals surface area contributed by atoms with Crippen molar-refractivity contribution in [1.82, 2.24) is 9.97 Å². The summed E-state index contributed by atoms with van der Waals surface area (Å²) in [5.74, 6) is 1.88. The van der Waals surface area contributed by atoms with Crippen molar-refractivity contribution in [2.75, 3.05) is 43.2 Å². The van der Waals surface area contributed by atoms with Crippen LogP contribution in [0.1, 0.15) is 12.8 Å². The standard InChI is InChI=1S/C19H21ClN4O3/c1-26-16-5-8-21-19(22-16)23-9-6-13(7-10-23)18(25)24-11-12-27-17-14(20)3-2-4-15(17)24/h2-5,8,13H,6-7,9-12H2,1H3. The maximum atomic E-state index is 13.1. The molecule has 0 aliphatic carbocycles. The SMILES string of the molecule is COc1ccnc(N2CCC(C(=O)N3CCOc4c(Cl)cccc43)CC2)n1. The molecule has 2 aromatic rings. The lowest BCUT2D eigenvalue weighted by Crippen LogP contribution is -2.45. The topological polar surface area (TPSA) is 67.8 Å². The van der Waals surface area contributed by atoms with Gasteiger partial charge in [0, 0.05) is 31.3 Å². The van der Waals surface area contributed by atoms with Gasteiger partial charge in [0.1, 0.15) is 6.61 Å². The predicted molar refractivity (Wildman–Crippen MR) is 103 cm³/mol. The van der Waals surface area contributed by atoms with E-state index in [1.165, 1.54) is 0 Å². The lowest BCUT2D eigenvalue weighted by molar-refractivity contribution is -0.123. The number of carbonyl (C=O) groups is 1. The fourth-order valence-electron chi connectivity index (χ4n) is 3.59. The zero-order valence-electron chi connectivity index (χ0n) is 15.1. The molecule has 0 spiro atoms. The Morgan fingerprint density at radius 2 is 2.07 bits per heavy atom. The Kier molecular flexibility index (Phi) is 5.03. The van der Waals surface area contributed by atoms with Crippen LogP contribution < -0.4 is 19.3 Å². The number of ether oxygens (including phenoxy) is 2. The summed E-state index contributed by atoms with van der Waals surface area (Å²) in [6.45, 7) is 2.47. The highest BCUT2D eigenvalue weighted by atomic mass is 35.5. The molecule has 3 heterocycles. The van der Waals surface area contributed by atoms with Gasteiger partial charge in [0.25, 0.3) is 0 Å². The van der Waals surface area contributed by atoms with Gasteiger partial charge >= 0.3 is 0 Å². The minimum atomic E-state index is -0.0308. The molecular formula is C19H21ClN4O3. The maximum absolute atomic E-state index is 13.1. The maximum Gasteiger partial charge on any atom is 0.230 e. The van der Waals surface area contributed by atoms with Gasteiger partial charge < -0.3 is 19.3 Å². The van der Waals surface area contributed by atoms with E-state index >= 15 is 0 Å². The van der Waals surface area contributed by atoms with Crippen LogP contribution in [0.4, 0.5) is 11.6 Å². The Hall–Kier alpha value is -2.54. The third-order valence-electron chi connectivity index (χ3n) is 5.02. The quantitative estimate of drug-likeness (QED) is 0.805. The number of rotatable bonds is 3. The lowest BCUT2D eigenvalue weighted by atomic mass is 9.95. The number of halogens is 1. The predicted octanol–water partition coefficient (Wildman–Crippen LogP) is 2.78. The third kappa shape index (κ3) is 3.51. The number of hydrogen-bond acceptors (Lipinski definition) is 6. The highest BCUT2D eigenvalue weighted by Gasteiger charge is 2.33. The summed E-state index contributed by atoms with van der Waals surface area (Å²) < 4.78 is 10.8. The Morgan fingerprint density at radius 1 is 1.26 bits per heavy atom. The van der Waals surface area contributed by atoms with Crippen LogP contribution in [0, 0.1) is 5.92 Å². The number of fused-ring (bicyclic) bond motifs is 1. The number of piperidine rings is 1. The number of amides is 1. The van der Waals surface area contributed by atoms with Crippen LogP contribution in [-0.4, -0.2) is 49.2 Å². The summed E-state index contributed by atoms with van der Waals surface area (Å²) in [5.41, 5.74) is 0.761. The molecule has 0 saturated carbocycles. The molecule has 1 aromatic carbocycles. The lowest BCUT2D eigenvalue weighted by Gasteiger charge is -2.36. The number of aromatic nitrogens is 2. The molecule has 0 N–H and O–H groups in total. The first-order valence-corrected chi connectivity index (χ1v) is 9.40. The van der Waals surface area contributed by atoms with Gasteiger partial charge in [0.05, 0.1) is 24.4 Å². The highest BCUT2D eigenvalue weighted by molar-refractivity contribution is 6.32. The van der Waals surface area contributed by atoms with Gasteiger partial charge in [-0.05, 0) is 25.0 Å². The second-order valence-corrected chi connectivity index (χ2v) is 6.99. The largest absolute Gasteiger partial charge is 0.488 e. The second kappa shape index (κ2) is 7.60. The van der Waals surface area contributed by atoms with E-state index in [0.717, 1.165) is 31.6 Å². The highest BCUT2D eigenvalue weighted by Crippen LogP contribution is 2.39. The molecule has 2 aliphatic heterocycles. The van der Waals surface area contributed by atoms with Crippen LogP contribution in [0.3, 0.4) is 0 Å². The van der Waals surface area contributed by atoms with E-state index in [2.05, 4.69) is 14.9 Å². The van der Waals surface area contributed by atoms with E-state index in [1.54, 1.807) is 25.4 Å². The minimum absolute atomic E-state index is 0.0308. The van der Waals surface area contributed by atoms with Crippen LogP contribution in [0.25, 0.3) is 0 Å². The second-order valence-electron chi connectivity index (χ2n) is 6.59. The van der Waals surface area contributed by atoms with Crippen molar-refractivity contribution in [3.63, 3.8) is 0 Å². The van der Waals surface area contributed by atoms with E-state index in [9.17, 15) is 4.79 Å². The number of anilines is 2. The molecule has 1 aromatic heterocycles. The van der Waals surface area contributed by atoms with Crippen molar-refractivity contribution in [1.29, 1.82) is 0 Å². The molecule has 0 atom stereocenters. The van der Waals surface area contributed by atoms with E-state index < -0.39 is 0 Å². The summed E-state index contributed by atoms with van der Waals surface area (Å²) in [4.78, 5) is 25.7. The molecular weight excluding hydrogens is 368 g/mol. The van der Waals surface area contributed by atoms with Crippen LogP contribution >= 0.6 is 11.6 Å². The first-order chi connectivity index (χ1) is 13.2. The Morgan fingerprint density at radius 3 is 2.85 bits per heavy atom. The van der Waals surface area contributed by atoms with Crippen molar-refractivity contribution in [2.45, 2.75) is 12.8 Å². The van der Waals surface area contributed by atoms with Crippen molar-refractivity contribution >= 4 is 29.1 Å². The van der Waals surface area contributed by atoms with Crippen LogP contribution in [-0.2, 0) is 4.79 Å². The van der Waals surface area contributed by atoms with Gasteiger partial charge in [0.15, 0.2) is 5.75 Å². The Balaban J connectivity index is 1.44. The molecule has 1 fully saturated rings. The minimum Gasteiger partial charge on any atom is -0.488 e. The van der Waals surface area contributed by atoms with Gasteiger partial charge in [-0.2, -0.15) is 4.98 Å². The number of methoxy groups -OCH3 is 1. The average molecular weight is 389 g/mol. The Bertz CT molecular complexity index is 839. The number of para-hydroxylation sites is 1. The zero-order valence-corrected chi connectivity index (χ0v) is 15.9. The van der Waals surface area contributed by atoms with Gasteiger partial charge in [-0.3, -0.25) is 4.79 Å². The van der Waals surface area contributed by atoms with Gasteiger partial charge in [-0.1, -0.05) is 17.7 Å². The van der Waals surface area contributed by atoms with E-state index in [4.69, 9.17) is 21.1 Å². The first kappa shape index (κ1) is 17.9. The first-order valence-electron chi connectivity index (χ1n) is 9.02. The number of benzene rings is 1. The van der Waals surface area contributed by atoms with Crippen molar-refractivity contribution in [3.8, 4) is 11.6 Å². The summed E-state index contributed by atoms with van der Waals surface area (Å²) in [5, 5.41) is 0.537. The van der Waals surface area contributed by atoms with Crippen molar-refractivity contribution < 1.29 is 14.3 Å². The van der Waals surface area contributed by atoms with Gasteiger partial charge in [-0.25, -0.2) is 4.98 Å². The molecule has 2 aliphatic rings. The number of carbonyl (C=O) groups excluding carboxylic acids is 1. The molecule has 27 heavy (non-hydrogen) atoms.